The molecule has 0 saturated carbocycles. The van der Waals surface area contributed by atoms with Crippen LogP contribution >= 0.6 is 11.3 Å². The number of hydrogen-bond acceptors (Lipinski definition) is 5. The summed E-state index contributed by atoms with van der Waals surface area (Å²) in [6.45, 7) is 2.11. The van der Waals surface area contributed by atoms with E-state index < -0.39 is 0 Å². The molecule has 7 heteroatoms. The lowest BCUT2D eigenvalue weighted by Gasteiger charge is -2.01. The first-order valence-corrected chi connectivity index (χ1v) is 8.87. The summed E-state index contributed by atoms with van der Waals surface area (Å²) in [6.07, 6.45) is 2.36. The second-order valence-electron chi connectivity index (χ2n) is 5.63. The minimum absolute atomic E-state index is 0.115. The predicted molar refractivity (Wildman–Crippen MR) is 97.7 cm³/mol. The quantitative estimate of drug-likeness (QED) is 0.689. The SMILES string of the molecule is CCOC(=O)Cc1csc(NC(=O)Cc2cn(C)c3ccccc23)n1. The van der Waals surface area contributed by atoms with E-state index in [2.05, 4.69) is 10.3 Å². The number of nitrogens with one attached hydrogen (secondary N) is 1. The van der Waals surface area contributed by atoms with E-state index in [4.69, 9.17) is 4.74 Å². The van der Waals surface area contributed by atoms with Crippen molar-refractivity contribution in [3.63, 3.8) is 0 Å². The number of para-hydroxylation sites is 1. The number of aromatic nitrogens is 2. The van der Waals surface area contributed by atoms with Gasteiger partial charge in [0.15, 0.2) is 5.13 Å². The molecule has 0 saturated heterocycles. The highest BCUT2D eigenvalue weighted by Gasteiger charge is 2.13. The zero-order valence-corrected chi connectivity index (χ0v) is 14.9. The van der Waals surface area contributed by atoms with Gasteiger partial charge in [0.05, 0.1) is 25.1 Å². The maximum Gasteiger partial charge on any atom is 0.311 e. The highest BCUT2D eigenvalue weighted by molar-refractivity contribution is 7.13. The fourth-order valence-corrected chi connectivity index (χ4v) is 3.43. The van der Waals surface area contributed by atoms with E-state index in [1.165, 1.54) is 11.3 Å². The van der Waals surface area contributed by atoms with Crippen LogP contribution in [0.4, 0.5) is 5.13 Å². The molecule has 0 atom stereocenters. The summed E-state index contributed by atoms with van der Waals surface area (Å²) < 4.78 is 6.91. The summed E-state index contributed by atoms with van der Waals surface area (Å²) in [6, 6.07) is 7.98. The molecule has 3 aromatic rings. The molecule has 0 unspecified atom stereocenters. The van der Waals surface area contributed by atoms with E-state index in [1.807, 2.05) is 42.1 Å². The summed E-state index contributed by atoms with van der Waals surface area (Å²) in [5, 5.41) is 6.11. The van der Waals surface area contributed by atoms with Gasteiger partial charge in [0.1, 0.15) is 0 Å². The molecule has 0 bridgehead atoms. The summed E-state index contributed by atoms with van der Waals surface area (Å²) in [5.74, 6) is -0.449. The second-order valence-corrected chi connectivity index (χ2v) is 6.49. The second kappa shape index (κ2) is 7.48. The van der Waals surface area contributed by atoms with Crippen molar-refractivity contribution in [1.82, 2.24) is 9.55 Å². The Morgan fingerprint density at radius 2 is 2.08 bits per heavy atom. The van der Waals surface area contributed by atoms with Crippen LogP contribution in [0.1, 0.15) is 18.2 Å². The number of carbonyl (C=O) groups is 2. The van der Waals surface area contributed by atoms with Crippen molar-refractivity contribution in [3.05, 3.63) is 47.1 Å². The van der Waals surface area contributed by atoms with Gasteiger partial charge in [0.2, 0.25) is 5.91 Å². The lowest BCUT2D eigenvalue weighted by atomic mass is 10.1. The Bertz CT molecular complexity index is 913. The van der Waals surface area contributed by atoms with Crippen LogP contribution < -0.4 is 5.32 Å². The van der Waals surface area contributed by atoms with E-state index in [1.54, 1.807) is 12.3 Å². The number of carbonyl (C=O) groups excluding carboxylic acids is 2. The monoisotopic (exact) mass is 357 g/mol. The number of aryl methyl sites for hydroxylation is 1. The number of nitrogens with zero attached hydrogens (tertiary/aromatic N) is 2. The van der Waals surface area contributed by atoms with Crippen molar-refractivity contribution in [2.45, 2.75) is 19.8 Å². The molecule has 0 fully saturated rings. The molecule has 2 heterocycles. The lowest BCUT2D eigenvalue weighted by molar-refractivity contribution is -0.142. The first kappa shape index (κ1) is 17.2. The van der Waals surface area contributed by atoms with Gasteiger partial charge in [-0.15, -0.1) is 11.3 Å². The third-order valence-corrected chi connectivity index (χ3v) is 4.57. The molecule has 0 aliphatic carbocycles. The van der Waals surface area contributed by atoms with Crippen LogP contribution in [-0.2, 0) is 34.2 Å². The van der Waals surface area contributed by atoms with Gasteiger partial charge >= 0.3 is 5.97 Å². The summed E-state index contributed by atoms with van der Waals surface area (Å²) in [7, 11) is 1.96. The number of thiazole rings is 1. The molecule has 0 aliphatic rings. The Morgan fingerprint density at radius 1 is 1.28 bits per heavy atom. The van der Waals surface area contributed by atoms with E-state index in [0.717, 1.165) is 16.5 Å². The topological polar surface area (TPSA) is 73.2 Å². The van der Waals surface area contributed by atoms with Crippen LogP contribution in [0, 0.1) is 0 Å². The number of amides is 1. The van der Waals surface area contributed by atoms with Crippen LogP contribution in [-0.4, -0.2) is 28.0 Å². The molecule has 1 N–H and O–H groups in total. The zero-order valence-electron chi connectivity index (χ0n) is 14.1. The molecular weight excluding hydrogens is 338 g/mol. The third kappa shape index (κ3) is 4.06. The zero-order chi connectivity index (χ0) is 17.8. The Kier molecular flexibility index (Phi) is 5.14. The Balaban J connectivity index is 1.64. The molecular formula is C18H19N3O3S. The maximum absolute atomic E-state index is 12.3. The molecule has 1 amide bonds. The maximum atomic E-state index is 12.3. The Labute approximate surface area is 149 Å². The number of rotatable bonds is 6. The molecule has 2 aromatic heterocycles. The number of esters is 1. The first-order valence-electron chi connectivity index (χ1n) is 7.99. The normalized spacial score (nSPS) is 10.8. The summed E-state index contributed by atoms with van der Waals surface area (Å²) >= 11 is 1.30. The predicted octanol–water partition coefficient (Wildman–Crippen LogP) is 2.92. The highest BCUT2D eigenvalue weighted by atomic mass is 32.1. The van der Waals surface area contributed by atoms with Crippen LogP contribution in [0.2, 0.25) is 0 Å². The average Bonchev–Trinajstić information content (AvgIpc) is 3.13. The van der Waals surface area contributed by atoms with Crippen molar-refractivity contribution in [3.8, 4) is 0 Å². The third-order valence-electron chi connectivity index (χ3n) is 3.76. The molecule has 0 aliphatic heterocycles. The van der Waals surface area contributed by atoms with Gasteiger partial charge in [-0.05, 0) is 18.6 Å². The Hall–Kier alpha value is -2.67. The molecule has 6 nitrogen and oxygen atoms in total. The van der Waals surface area contributed by atoms with Crippen molar-refractivity contribution >= 4 is 39.2 Å². The largest absolute Gasteiger partial charge is 0.466 e. The van der Waals surface area contributed by atoms with E-state index >= 15 is 0 Å². The van der Waals surface area contributed by atoms with Crippen molar-refractivity contribution in [2.75, 3.05) is 11.9 Å². The fraction of sp³-hybridized carbons (Fsp3) is 0.278. The smallest absolute Gasteiger partial charge is 0.311 e. The van der Waals surface area contributed by atoms with E-state index in [9.17, 15) is 9.59 Å². The van der Waals surface area contributed by atoms with Gasteiger partial charge in [-0.3, -0.25) is 9.59 Å². The van der Waals surface area contributed by atoms with Crippen molar-refractivity contribution in [2.24, 2.45) is 7.05 Å². The minimum Gasteiger partial charge on any atom is -0.466 e. The van der Waals surface area contributed by atoms with Gasteiger partial charge in [-0.2, -0.15) is 0 Å². The molecule has 130 valence electrons. The lowest BCUT2D eigenvalue weighted by Crippen LogP contribution is -2.14. The number of benzene rings is 1. The van der Waals surface area contributed by atoms with Crippen LogP contribution in [0.3, 0.4) is 0 Å². The van der Waals surface area contributed by atoms with E-state index in [-0.39, 0.29) is 24.7 Å². The van der Waals surface area contributed by atoms with Crippen molar-refractivity contribution < 1.29 is 14.3 Å². The number of ether oxygens (including phenoxy) is 1. The van der Waals surface area contributed by atoms with Gasteiger partial charge in [-0.1, -0.05) is 18.2 Å². The molecule has 1 aromatic carbocycles. The standard InChI is InChI=1S/C18H19N3O3S/c1-3-24-17(23)9-13-11-25-18(19-13)20-16(22)8-12-10-21(2)15-7-5-4-6-14(12)15/h4-7,10-11H,3,8-9H2,1-2H3,(H,19,20,22). The van der Waals surface area contributed by atoms with Crippen LogP contribution in [0.5, 0.6) is 0 Å². The van der Waals surface area contributed by atoms with Crippen LogP contribution in [0.25, 0.3) is 10.9 Å². The van der Waals surface area contributed by atoms with Crippen LogP contribution in [0.15, 0.2) is 35.8 Å². The summed E-state index contributed by atoms with van der Waals surface area (Å²) in [5.41, 5.74) is 2.67. The summed E-state index contributed by atoms with van der Waals surface area (Å²) in [4.78, 5) is 28.1. The number of hydrogen-bond donors (Lipinski definition) is 1. The van der Waals surface area contributed by atoms with Gasteiger partial charge in [0.25, 0.3) is 0 Å². The molecule has 25 heavy (non-hydrogen) atoms. The van der Waals surface area contributed by atoms with E-state index in [0.29, 0.717) is 17.4 Å². The fourth-order valence-electron chi connectivity index (χ4n) is 2.71. The van der Waals surface area contributed by atoms with Gasteiger partial charge < -0.3 is 14.6 Å². The average molecular weight is 357 g/mol. The van der Waals surface area contributed by atoms with Gasteiger partial charge in [0, 0.05) is 29.5 Å². The number of anilines is 1. The minimum atomic E-state index is -0.318. The molecule has 0 spiro atoms. The molecule has 0 radical (unpaired) electrons. The molecule has 3 rings (SSSR count). The first-order chi connectivity index (χ1) is 12.1. The Morgan fingerprint density at radius 3 is 2.88 bits per heavy atom. The highest BCUT2D eigenvalue weighted by Crippen LogP contribution is 2.22. The van der Waals surface area contributed by atoms with Crippen molar-refractivity contribution in [1.29, 1.82) is 0 Å². The number of fused-ring (bicyclic) bond motifs is 1. The van der Waals surface area contributed by atoms with Gasteiger partial charge in [-0.25, -0.2) is 4.98 Å².